The van der Waals surface area contributed by atoms with Gasteiger partial charge in [0.05, 0.1) is 11.3 Å². The van der Waals surface area contributed by atoms with Gasteiger partial charge in [-0.15, -0.1) is 0 Å². The fourth-order valence-corrected chi connectivity index (χ4v) is 2.63. The Bertz CT molecular complexity index is 832. The predicted molar refractivity (Wildman–Crippen MR) is 91.3 cm³/mol. The summed E-state index contributed by atoms with van der Waals surface area (Å²) >= 11 is 0. The van der Waals surface area contributed by atoms with E-state index in [1.54, 1.807) is 31.2 Å². The number of para-hydroxylation sites is 1. The highest BCUT2D eigenvalue weighted by Crippen LogP contribution is 2.19. The van der Waals surface area contributed by atoms with Crippen LogP contribution in [0.2, 0.25) is 0 Å². The quantitative estimate of drug-likeness (QED) is 0.694. The van der Waals surface area contributed by atoms with Crippen molar-refractivity contribution in [1.82, 2.24) is 20.8 Å². The van der Waals surface area contributed by atoms with Crippen LogP contribution < -0.4 is 16.0 Å². The lowest BCUT2D eigenvalue weighted by Gasteiger charge is -2.14. The Morgan fingerprint density at radius 3 is 2.88 bits per heavy atom. The van der Waals surface area contributed by atoms with Crippen molar-refractivity contribution >= 4 is 23.4 Å². The number of fused-ring (bicyclic) bond motifs is 1. The van der Waals surface area contributed by atoms with Gasteiger partial charge in [0.2, 0.25) is 17.7 Å². The first-order valence-electron chi connectivity index (χ1n) is 8.29. The van der Waals surface area contributed by atoms with Gasteiger partial charge in [-0.3, -0.25) is 14.4 Å². The minimum Gasteiger partial charge on any atom is -0.356 e. The van der Waals surface area contributed by atoms with Crippen LogP contribution in [0.3, 0.4) is 0 Å². The lowest BCUT2D eigenvalue weighted by atomic mass is 10.1. The zero-order valence-corrected chi connectivity index (χ0v) is 14.2. The Morgan fingerprint density at radius 2 is 2.12 bits per heavy atom. The number of aromatic nitrogens is 2. The third-order valence-electron chi connectivity index (χ3n) is 3.94. The largest absolute Gasteiger partial charge is 0.356 e. The van der Waals surface area contributed by atoms with E-state index in [1.807, 2.05) is 0 Å². The molecule has 1 aromatic heterocycles. The van der Waals surface area contributed by atoms with E-state index < -0.39 is 6.04 Å². The molecule has 0 saturated heterocycles. The minimum absolute atomic E-state index is 0.109. The van der Waals surface area contributed by atoms with Crippen molar-refractivity contribution < 1.29 is 18.9 Å². The molecule has 0 saturated carbocycles. The van der Waals surface area contributed by atoms with Crippen molar-refractivity contribution in [1.29, 1.82) is 0 Å². The highest BCUT2D eigenvalue weighted by molar-refractivity contribution is 6.09. The van der Waals surface area contributed by atoms with E-state index in [2.05, 4.69) is 26.1 Å². The molecule has 0 bridgehead atoms. The summed E-state index contributed by atoms with van der Waals surface area (Å²) in [6.45, 7) is 2.07. The maximum absolute atomic E-state index is 12.3. The molecule has 2 heterocycles. The fraction of sp³-hybridized carbons (Fsp3) is 0.353. The molecule has 1 aliphatic heterocycles. The number of hydrogen-bond acceptors (Lipinski definition) is 6. The van der Waals surface area contributed by atoms with Crippen LogP contribution in [0.5, 0.6) is 0 Å². The van der Waals surface area contributed by atoms with Crippen LogP contribution in [0.15, 0.2) is 28.8 Å². The summed E-state index contributed by atoms with van der Waals surface area (Å²) in [6, 6.07) is 6.01. The summed E-state index contributed by atoms with van der Waals surface area (Å²) in [5, 5.41) is 11.8. The Balaban J connectivity index is 1.47. The maximum Gasteiger partial charge on any atom is 0.254 e. The van der Waals surface area contributed by atoms with Gasteiger partial charge in [-0.05, 0) is 25.5 Å². The van der Waals surface area contributed by atoms with Crippen molar-refractivity contribution in [3.05, 3.63) is 41.5 Å². The number of rotatable bonds is 6. The summed E-state index contributed by atoms with van der Waals surface area (Å²) < 4.78 is 4.96. The normalized spacial score (nSPS) is 16.3. The molecule has 9 nitrogen and oxygen atoms in total. The Labute approximate surface area is 149 Å². The van der Waals surface area contributed by atoms with Gasteiger partial charge in [0.25, 0.3) is 5.91 Å². The molecule has 0 spiro atoms. The molecule has 2 aromatic rings. The van der Waals surface area contributed by atoms with E-state index >= 15 is 0 Å². The number of carbonyl (C=O) groups excluding carboxylic acids is 3. The summed E-state index contributed by atoms with van der Waals surface area (Å²) in [6.07, 6.45) is 0.747. The van der Waals surface area contributed by atoms with Gasteiger partial charge >= 0.3 is 0 Å². The SMILES string of the molecule is Cc1noc(CCNC(=O)CC[C@@H]2NC(=O)c3ccccc3NC2=O)n1. The molecule has 1 aromatic carbocycles. The van der Waals surface area contributed by atoms with Crippen LogP contribution in [0.25, 0.3) is 0 Å². The molecule has 0 unspecified atom stereocenters. The van der Waals surface area contributed by atoms with Crippen LogP contribution in [-0.4, -0.2) is 40.4 Å². The van der Waals surface area contributed by atoms with Crippen molar-refractivity contribution in [2.45, 2.75) is 32.2 Å². The fourth-order valence-electron chi connectivity index (χ4n) is 2.63. The number of aryl methyl sites for hydroxylation is 1. The maximum atomic E-state index is 12.3. The third kappa shape index (κ3) is 4.24. The predicted octanol–water partition coefficient (Wildman–Crippen LogP) is 0.568. The lowest BCUT2D eigenvalue weighted by molar-refractivity contribution is -0.121. The zero-order chi connectivity index (χ0) is 18.5. The molecule has 0 radical (unpaired) electrons. The van der Waals surface area contributed by atoms with Crippen molar-refractivity contribution in [2.75, 3.05) is 11.9 Å². The molecule has 0 aliphatic carbocycles. The molecule has 136 valence electrons. The molecule has 3 N–H and O–H groups in total. The smallest absolute Gasteiger partial charge is 0.254 e. The highest BCUT2D eigenvalue weighted by atomic mass is 16.5. The van der Waals surface area contributed by atoms with Gasteiger partial charge < -0.3 is 20.5 Å². The number of nitrogens with zero attached hydrogens (tertiary/aromatic N) is 2. The number of nitrogens with one attached hydrogen (secondary N) is 3. The molecule has 3 amide bonds. The van der Waals surface area contributed by atoms with Crippen molar-refractivity contribution in [3.8, 4) is 0 Å². The average Bonchev–Trinajstić information content (AvgIpc) is 2.98. The monoisotopic (exact) mass is 357 g/mol. The van der Waals surface area contributed by atoms with Crippen LogP contribution in [0.4, 0.5) is 5.69 Å². The van der Waals surface area contributed by atoms with E-state index in [-0.39, 0.29) is 30.6 Å². The lowest BCUT2D eigenvalue weighted by Crippen LogP contribution is -2.42. The molecule has 9 heteroatoms. The summed E-state index contributed by atoms with van der Waals surface area (Å²) in [7, 11) is 0. The molecular weight excluding hydrogens is 338 g/mol. The third-order valence-corrected chi connectivity index (χ3v) is 3.94. The van der Waals surface area contributed by atoms with Gasteiger partial charge in [-0.25, -0.2) is 0 Å². The molecular formula is C17H19N5O4. The number of carbonyl (C=O) groups is 3. The first-order chi connectivity index (χ1) is 12.5. The standard InChI is InChI=1S/C17H19N5O4/c1-10-19-15(26-22-10)8-9-18-14(23)7-6-13-17(25)20-12-5-3-2-4-11(12)16(24)21-13/h2-5,13H,6-9H2,1H3,(H,18,23)(H,20,25)(H,21,24)/t13-/m0/s1. The van der Waals surface area contributed by atoms with Crippen LogP contribution in [-0.2, 0) is 16.0 Å². The topological polar surface area (TPSA) is 126 Å². The van der Waals surface area contributed by atoms with Crippen molar-refractivity contribution in [3.63, 3.8) is 0 Å². The second-order valence-corrected chi connectivity index (χ2v) is 5.93. The molecule has 1 atom stereocenters. The number of amides is 3. The second-order valence-electron chi connectivity index (χ2n) is 5.93. The van der Waals surface area contributed by atoms with Crippen LogP contribution in [0.1, 0.15) is 34.9 Å². The minimum atomic E-state index is -0.765. The first-order valence-corrected chi connectivity index (χ1v) is 8.29. The summed E-state index contributed by atoms with van der Waals surface area (Å²) in [5.74, 6) is 0.108. The summed E-state index contributed by atoms with van der Waals surface area (Å²) in [4.78, 5) is 40.5. The van der Waals surface area contributed by atoms with Gasteiger partial charge in [-0.2, -0.15) is 4.98 Å². The van der Waals surface area contributed by atoms with Gasteiger partial charge in [0.15, 0.2) is 5.82 Å². The molecule has 26 heavy (non-hydrogen) atoms. The molecule has 0 fully saturated rings. The van der Waals surface area contributed by atoms with Crippen molar-refractivity contribution in [2.24, 2.45) is 0 Å². The first kappa shape index (κ1) is 17.6. The Hall–Kier alpha value is -3.23. The Morgan fingerprint density at radius 1 is 1.31 bits per heavy atom. The van der Waals surface area contributed by atoms with Gasteiger partial charge in [0, 0.05) is 19.4 Å². The molecule has 1 aliphatic rings. The van der Waals surface area contributed by atoms with E-state index in [0.717, 1.165) is 0 Å². The van der Waals surface area contributed by atoms with E-state index in [9.17, 15) is 14.4 Å². The number of hydrogen-bond donors (Lipinski definition) is 3. The zero-order valence-electron chi connectivity index (χ0n) is 14.2. The van der Waals surface area contributed by atoms with E-state index in [4.69, 9.17) is 4.52 Å². The highest BCUT2D eigenvalue weighted by Gasteiger charge is 2.27. The van der Waals surface area contributed by atoms with Gasteiger partial charge in [-0.1, -0.05) is 17.3 Å². The van der Waals surface area contributed by atoms with E-state index in [0.29, 0.717) is 35.9 Å². The summed E-state index contributed by atoms with van der Waals surface area (Å²) in [5.41, 5.74) is 0.874. The number of benzene rings is 1. The van der Waals surface area contributed by atoms with Crippen LogP contribution >= 0.6 is 0 Å². The Kier molecular flexibility index (Phi) is 5.26. The van der Waals surface area contributed by atoms with Crippen LogP contribution in [0, 0.1) is 6.92 Å². The second kappa shape index (κ2) is 7.77. The number of anilines is 1. The van der Waals surface area contributed by atoms with Gasteiger partial charge in [0.1, 0.15) is 6.04 Å². The van der Waals surface area contributed by atoms with E-state index in [1.165, 1.54) is 0 Å². The average molecular weight is 357 g/mol. The molecule has 3 rings (SSSR count).